The largest absolute Gasteiger partial charge is 0.482 e. The maximum atomic E-state index is 11.8. The van der Waals surface area contributed by atoms with Crippen LogP contribution in [0.1, 0.15) is 31.7 Å². The van der Waals surface area contributed by atoms with Crippen LogP contribution < -0.4 is 4.74 Å². The summed E-state index contributed by atoms with van der Waals surface area (Å²) >= 11 is 0. The Hall–Kier alpha value is -1.26. The van der Waals surface area contributed by atoms with Gasteiger partial charge >= 0.3 is 5.97 Å². The zero-order valence-electron chi connectivity index (χ0n) is 13.4. The Morgan fingerprint density at radius 2 is 2.00 bits per heavy atom. The number of benzene rings is 1. The van der Waals surface area contributed by atoms with Gasteiger partial charge in [-0.2, -0.15) is 0 Å². The molecule has 1 heterocycles. The van der Waals surface area contributed by atoms with Gasteiger partial charge in [-0.25, -0.2) is 4.79 Å². The molecule has 0 N–H and O–H groups in total. The van der Waals surface area contributed by atoms with E-state index in [1.54, 1.807) is 0 Å². The highest BCUT2D eigenvalue weighted by atomic mass is 35.5. The summed E-state index contributed by atoms with van der Waals surface area (Å²) in [6.45, 7) is 6.94. The van der Waals surface area contributed by atoms with Gasteiger partial charge in [0.1, 0.15) is 11.9 Å². The van der Waals surface area contributed by atoms with Gasteiger partial charge in [-0.15, -0.1) is 12.4 Å². The summed E-state index contributed by atoms with van der Waals surface area (Å²) in [5, 5.41) is 0. The smallest absolute Gasteiger partial charge is 0.344 e. The minimum absolute atomic E-state index is 0. The number of piperidine rings is 1. The lowest BCUT2D eigenvalue weighted by molar-refractivity contribution is -0.151. The summed E-state index contributed by atoms with van der Waals surface area (Å²) < 4.78 is 10.9. The molecule has 0 saturated carbocycles. The molecule has 0 bridgehead atoms. The van der Waals surface area contributed by atoms with Gasteiger partial charge in [-0.3, -0.25) is 4.90 Å². The first-order valence-electron chi connectivity index (χ1n) is 7.75. The zero-order chi connectivity index (χ0) is 15.1. The fourth-order valence-corrected chi connectivity index (χ4v) is 2.65. The molecule has 124 valence electrons. The van der Waals surface area contributed by atoms with Crippen molar-refractivity contribution in [2.24, 2.45) is 0 Å². The highest BCUT2D eigenvalue weighted by molar-refractivity contribution is 5.85. The maximum Gasteiger partial charge on any atom is 0.344 e. The average Bonchev–Trinajstić information content (AvgIpc) is 2.46. The first kappa shape index (κ1) is 18.8. The van der Waals surface area contributed by atoms with E-state index < -0.39 is 0 Å². The molecule has 0 amide bonds. The lowest BCUT2D eigenvalue weighted by atomic mass is 10.1. The molecule has 1 saturated heterocycles. The van der Waals surface area contributed by atoms with Crippen molar-refractivity contribution in [2.45, 2.75) is 39.2 Å². The Balaban J connectivity index is 0.00000242. The molecule has 0 radical (unpaired) electrons. The predicted octanol–water partition coefficient (Wildman–Crippen LogP) is 3.21. The van der Waals surface area contributed by atoms with Crippen LogP contribution in [0.25, 0.3) is 0 Å². The minimum atomic E-state index is -0.305. The van der Waals surface area contributed by atoms with Gasteiger partial charge in [-0.1, -0.05) is 18.6 Å². The van der Waals surface area contributed by atoms with Crippen LogP contribution in [0.4, 0.5) is 0 Å². The lowest BCUT2D eigenvalue weighted by Crippen LogP contribution is -2.37. The Labute approximate surface area is 139 Å². The van der Waals surface area contributed by atoms with E-state index >= 15 is 0 Å². The number of aryl methyl sites for hydroxylation is 1. The second-order valence-electron chi connectivity index (χ2n) is 5.77. The summed E-state index contributed by atoms with van der Waals surface area (Å²) in [6, 6.07) is 7.66. The molecular formula is C17H26ClNO3. The third kappa shape index (κ3) is 6.67. The van der Waals surface area contributed by atoms with Crippen LogP contribution >= 0.6 is 12.4 Å². The number of nitrogens with zero attached hydrogens (tertiary/aromatic N) is 1. The Bertz CT molecular complexity index is 461. The number of hydrogen-bond acceptors (Lipinski definition) is 4. The molecule has 1 atom stereocenters. The summed E-state index contributed by atoms with van der Waals surface area (Å²) in [7, 11) is 0. The summed E-state index contributed by atoms with van der Waals surface area (Å²) in [6.07, 6.45) is 3.72. The highest BCUT2D eigenvalue weighted by Crippen LogP contribution is 2.13. The molecule has 1 aromatic rings. The molecule has 5 heteroatoms. The molecule has 0 spiro atoms. The number of rotatable bonds is 6. The fraction of sp³-hybridized carbons (Fsp3) is 0.588. The van der Waals surface area contributed by atoms with Crippen LogP contribution in [0.15, 0.2) is 24.3 Å². The van der Waals surface area contributed by atoms with E-state index in [0.717, 1.165) is 25.2 Å². The predicted molar refractivity (Wildman–Crippen MR) is 89.8 cm³/mol. The zero-order valence-corrected chi connectivity index (χ0v) is 14.2. The molecule has 1 fully saturated rings. The summed E-state index contributed by atoms with van der Waals surface area (Å²) in [4.78, 5) is 14.2. The van der Waals surface area contributed by atoms with Crippen LogP contribution in [0.3, 0.4) is 0 Å². The quantitative estimate of drug-likeness (QED) is 0.752. The van der Waals surface area contributed by atoms with E-state index in [9.17, 15) is 4.79 Å². The molecule has 2 rings (SSSR count). The van der Waals surface area contributed by atoms with Crippen molar-refractivity contribution in [3.05, 3.63) is 29.8 Å². The third-order valence-electron chi connectivity index (χ3n) is 3.64. The summed E-state index contributed by atoms with van der Waals surface area (Å²) in [5.41, 5.74) is 1.11. The molecular weight excluding hydrogens is 302 g/mol. The van der Waals surface area contributed by atoms with Crippen LogP contribution in [0.5, 0.6) is 5.75 Å². The van der Waals surface area contributed by atoms with Crippen LogP contribution in [-0.4, -0.2) is 43.2 Å². The molecule has 4 nitrogen and oxygen atoms in total. The second-order valence-corrected chi connectivity index (χ2v) is 5.77. The van der Waals surface area contributed by atoms with Crippen molar-refractivity contribution in [3.8, 4) is 5.75 Å². The Morgan fingerprint density at radius 1 is 1.27 bits per heavy atom. The van der Waals surface area contributed by atoms with Gasteiger partial charge in [0.15, 0.2) is 6.61 Å². The maximum absolute atomic E-state index is 11.8. The molecule has 0 aromatic heterocycles. The summed E-state index contributed by atoms with van der Waals surface area (Å²) in [5.74, 6) is 0.400. The van der Waals surface area contributed by atoms with Gasteiger partial charge in [0, 0.05) is 6.54 Å². The van der Waals surface area contributed by atoms with Gasteiger partial charge < -0.3 is 9.47 Å². The fourth-order valence-electron chi connectivity index (χ4n) is 2.65. The van der Waals surface area contributed by atoms with E-state index in [-0.39, 0.29) is 31.1 Å². The molecule has 1 unspecified atom stereocenters. The first-order chi connectivity index (χ1) is 10.1. The van der Waals surface area contributed by atoms with Crippen molar-refractivity contribution in [1.82, 2.24) is 4.90 Å². The number of ether oxygens (including phenoxy) is 2. The highest BCUT2D eigenvalue weighted by Gasteiger charge is 2.16. The normalized spacial score (nSPS) is 16.5. The SMILES string of the molecule is Cc1cccc(OCC(=O)OC(C)CN2CCCCC2)c1.Cl. The van der Waals surface area contributed by atoms with Crippen LogP contribution in [0.2, 0.25) is 0 Å². The monoisotopic (exact) mass is 327 g/mol. The van der Waals surface area contributed by atoms with Gasteiger partial charge in [0.25, 0.3) is 0 Å². The van der Waals surface area contributed by atoms with E-state index in [2.05, 4.69) is 4.90 Å². The number of likely N-dealkylation sites (tertiary alicyclic amines) is 1. The molecule has 0 aliphatic carbocycles. The number of hydrogen-bond donors (Lipinski definition) is 0. The molecule has 1 aliphatic rings. The molecule has 22 heavy (non-hydrogen) atoms. The number of halogens is 1. The van der Waals surface area contributed by atoms with E-state index in [4.69, 9.17) is 9.47 Å². The van der Waals surface area contributed by atoms with Crippen LogP contribution in [-0.2, 0) is 9.53 Å². The van der Waals surface area contributed by atoms with Crippen molar-refractivity contribution in [2.75, 3.05) is 26.2 Å². The minimum Gasteiger partial charge on any atom is -0.482 e. The van der Waals surface area contributed by atoms with Crippen LogP contribution in [0, 0.1) is 6.92 Å². The average molecular weight is 328 g/mol. The first-order valence-corrected chi connectivity index (χ1v) is 7.75. The third-order valence-corrected chi connectivity index (χ3v) is 3.64. The van der Waals surface area contributed by atoms with Gasteiger partial charge in [0.05, 0.1) is 0 Å². The number of carbonyl (C=O) groups excluding carboxylic acids is 1. The van der Waals surface area contributed by atoms with E-state index in [1.807, 2.05) is 38.1 Å². The Kier molecular flexibility index (Phi) is 8.28. The van der Waals surface area contributed by atoms with E-state index in [0.29, 0.717) is 5.75 Å². The molecule has 1 aromatic carbocycles. The van der Waals surface area contributed by atoms with Crippen molar-refractivity contribution in [1.29, 1.82) is 0 Å². The second kappa shape index (κ2) is 9.70. The van der Waals surface area contributed by atoms with Crippen molar-refractivity contribution < 1.29 is 14.3 Å². The van der Waals surface area contributed by atoms with Gasteiger partial charge in [-0.05, 0) is 57.5 Å². The van der Waals surface area contributed by atoms with Crippen molar-refractivity contribution in [3.63, 3.8) is 0 Å². The number of carbonyl (C=O) groups is 1. The van der Waals surface area contributed by atoms with Gasteiger partial charge in [0.2, 0.25) is 0 Å². The number of esters is 1. The topological polar surface area (TPSA) is 38.8 Å². The standard InChI is InChI=1S/C17H25NO3.ClH/c1-14-7-6-8-16(11-14)20-13-17(19)21-15(2)12-18-9-4-3-5-10-18;/h6-8,11,15H,3-5,9-10,12-13H2,1-2H3;1H. The lowest BCUT2D eigenvalue weighted by Gasteiger charge is -2.28. The van der Waals surface area contributed by atoms with E-state index in [1.165, 1.54) is 19.3 Å². The Morgan fingerprint density at radius 3 is 2.68 bits per heavy atom. The molecule has 1 aliphatic heterocycles. The van der Waals surface area contributed by atoms with Crippen molar-refractivity contribution >= 4 is 18.4 Å².